The molecule has 0 unspecified atom stereocenters. The molecular formula is C23H26ClN3O7. The molecule has 0 radical (unpaired) electrons. The van der Waals surface area contributed by atoms with Gasteiger partial charge in [-0.3, -0.25) is 4.79 Å². The number of aliphatic hydroxyl groups excluding tert-OH is 1. The number of aliphatic hydroxyl groups is 1. The maximum atomic E-state index is 12.8. The number of anilines is 1. The van der Waals surface area contributed by atoms with Crippen LogP contribution in [0, 0.1) is 6.92 Å². The van der Waals surface area contributed by atoms with Gasteiger partial charge in [-0.15, -0.1) is 0 Å². The topological polar surface area (TPSA) is 125 Å². The van der Waals surface area contributed by atoms with Crippen molar-refractivity contribution >= 4 is 23.2 Å². The van der Waals surface area contributed by atoms with Gasteiger partial charge in [0.15, 0.2) is 11.4 Å². The summed E-state index contributed by atoms with van der Waals surface area (Å²) in [4.78, 5) is 20.9. The molecule has 0 saturated carbocycles. The summed E-state index contributed by atoms with van der Waals surface area (Å²) in [7, 11) is 2.73. The predicted molar refractivity (Wildman–Crippen MR) is 125 cm³/mol. The fourth-order valence-electron chi connectivity index (χ4n) is 3.01. The van der Waals surface area contributed by atoms with Gasteiger partial charge in [0.2, 0.25) is 11.8 Å². The number of aromatic nitrogens is 2. The van der Waals surface area contributed by atoms with Gasteiger partial charge in [0.05, 0.1) is 20.8 Å². The number of carbonyl (C=O) groups excluding carboxylic acids is 1. The number of methoxy groups -OCH3 is 2. The van der Waals surface area contributed by atoms with E-state index in [0.717, 1.165) is 11.1 Å². The largest absolute Gasteiger partial charge is 0.479 e. The van der Waals surface area contributed by atoms with Crippen LogP contribution in [-0.4, -0.2) is 48.4 Å². The number of benzene rings is 1. The maximum Gasteiger partial charge on any atom is 0.323 e. The van der Waals surface area contributed by atoms with Crippen LogP contribution in [-0.2, 0) is 0 Å². The van der Waals surface area contributed by atoms with Crippen molar-refractivity contribution in [2.45, 2.75) is 26.7 Å². The van der Waals surface area contributed by atoms with E-state index in [9.17, 15) is 4.79 Å². The van der Waals surface area contributed by atoms with Crippen molar-refractivity contribution < 1.29 is 33.3 Å². The van der Waals surface area contributed by atoms with Gasteiger partial charge in [-0.25, -0.2) is 0 Å². The van der Waals surface area contributed by atoms with Crippen LogP contribution in [0.5, 0.6) is 29.5 Å². The van der Waals surface area contributed by atoms with Crippen molar-refractivity contribution in [3.8, 4) is 29.5 Å². The second kappa shape index (κ2) is 11.1. The number of rotatable bonds is 10. The number of amides is 1. The molecule has 0 spiro atoms. The second-order valence-electron chi connectivity index (χ2n) is 7.44. The third kappa shape index (κ3) is 5.70. The minimum Gasteiger partial charge on any atom is -0.479 e. The molecule has 182 valence electrons. The first-order valence-corrected chi connectivity index (χ1v) is 10.8. The van der Waals surface area contributed by atoms with E-state index in [1.807, 2.05) is 32.9 Å². The van der Waals surface area contributed by atoms with Crippen LogP contribution < -0.4 is 24.3 Å². The number of ether oxygens (including phenoxy) is 4. The number of carbonyl (C=O) groups is 1. The molecule has 0 saturated heterocycles. The Labute approximate surface area is 201 Å². The van der Waals surface area contributed by atoms with Crippen LogP contribution >= 0.6 is 11.6 Å². The lowest BCUT2D eigenvalue weighted by atomic mass is 10.0. The SMILES string of the molecule is COc1nc(OCCO)nc(OC)c1NC(=O)c1ccc(Oc2cc(C(C)C)c(Cl)cc2C)o1. The average molecular weight is 492 g/mol. The first-order valence-electron chi connectivity index (χ1n) is 10.4. The Balaban J connectivity index is 1.81. The minimum atomic E-state index is -0.602. The van der Waals surface area contributed by atoms with E-state index in [1.165, 1.54) is 26.4 Å². The van der Waals surface area contributed by atoms with E-state index in [2.05, 4.69) is 15.3 Å². The average Bonchev–Trinajstić information content (AvgIpc) is 3.28. The molecule has 3 aromatic rings. The van der Waals surface area contributed by atoms with Gasteiger partial charge >= 0.3 is 6.01 Å². The zero-order valence-corrected chi connectivity index (χ0v) is 20.2. The van der Waals surface area contributed by atoms with Crippen molar-refractivity contribution in [3.63, 3.8) is 0 Å². The lowest BCUT2D eigenvalue weighted by Gasteiger charge is -2.14. The molecule has 3 rings (SSSR count). The molecule has 11 heteroatoms. The molecule has 0 fully saturated rings. The lowest BCUT2D eigenvalue weighted by Crippen LogP contribution is -2.15. The summed E-state index contributed by atoms with van der Waals surface area (Å²) in [5.41, 5.74) is 1.85. The summed E-state index contributed by atoms with van der Waals surface area (Å²) in [6.07, 6.45) is 0. The van der Waals surface area contributed by atoms with Crippen LogP contribution in [0.25, 0.3) is 0 Å². The first-order chi connectivity index (χ1) is 16.3. The van der Waals surface area contributed by atoms with Crippen LogP contribution in [0.3, 0.4) is 0 Å². The summed E-state index contributed by atoms with van der Waals surface area (Å²) < 4.78 is 27.1. The van der Waals surface area contributed by atoms with Crippen LogP contribution in [0.4, 0.5) is 5.69 Å². The van der Waals surface area contributed by atoms with Gasteiger partial charge in [0, 0.05) is 11.1 Å². The number of hydrogen-bond acceptors (Lipinski definition) is 9. The monoisotopic (exact) mass is 491 g/mol. The van der Waals surface area contributed by atoms with E-state index in [4.69, 9.17) is 40.1 Å². The molecule has 34 heavy (non-hydrogen) atoms. The van der Waals surface area contributed by atoms with Crippen molar-refractivity contribution in [2.75, 3.05) is 32.8 Å². The van der Waals surface area contributed by atoms with Crippen LogP contribution in [0.2, 0.25) is 5.02 Å². The fourth-order valence-corrected chi connectivity index (χ4v) is 3.44. The van der Waals surface area contributed by atoms with Gasteiger partial charge in [0.1, 0.15) is 12.4 Å². The van der Waals surface area contributed by atoms with Crippen molar-refractivity contribution in [3.05, 3.63) is 46.2 Å². The number of hydrogen-bond donors (Lipinski definition) is 2. The highest BCUT2D eigenvalue weighted by Gasteiger charge is 2.22. The molecule has 0 atom stereocenters. The summed E-state index contributed by atoms with van der Waals surface area (Å²) in [6.45, 7) is 5.71. The summed E-state index contributed by atoms with van der Waals surface area (Å²) in [5, 5.41) is 12.2. The fraction of sp³-hybridized carbons (Fsp3) is 0.348. The Morgan fingerprint density at radius 1 is 1.18 bits per heavy atom. The molecule has 2 aromatic heterocycles. The van der Waals surface area contributed by atoms with E-state index >= 15 is 0 Å². The summed E-state index contributed by atoms with van der Waals surface area (Å²) >= 11 is 6.32. The number of nitrogens with zero attached hydrogens (tertiary/aromatic N) is 2. The minimum absolute atomic E-state index is 0.00849. The van der Waals surface area contributed by atoms with Gasteiger partial charge in [0.25, 0.3) is 11.9 Å². The highest BCUT2D eigenvalue weighted by Crippen LogP contribution is 2.36. The zero-order valence-electron chi connectivity index (χ0n) is 19.5. The normalized spacial score (nSPS) is 10.8. The van der Waals surface area contributed by atoms with Gasteiger partial charge < -0.3 is 33.8 Å². The standard InChI is InChI=1S/C23H26ClN3O7/c1-12(2)14-11-17(13(3)10-15(14)24)34-18-7-6-16(33-18)20(29)25-19-21(30-4)26-23(32-9-8-28)27-22(19)31-5/h6-7,10-12,28H,8-9H2,1-5H3,(H,25,29). The van der Waals surface area contributed by atoms with E-state index in [1.54, 1.807) is 0 Å². The molecule has 0 aliphatic heterocycles. The molecular weight excluding hydrogens is 466 g/mol. The first kappa shape index (κ1) is 25.1. The van der Waals surface area contributed by atoms with Gasteiger partial charge in [-0.05, 0) is 42.2 Å². The number of aryl methyl sites for hydroxylation is 1. The Bertz CT molecular complexity index is 1140. The maximum absolute atomic E-state index is 12.8. The molecule has 10 nitrogen and oxygen atoms in total. The lowest BCUT2D eigenvalue weighted by molar-refractivity contribution is 0.0990. The Kier molecular flexibility index (Phi) is 8.19. The Hall–Kier alpha value is -3.50. The highest BCUT2D eigenvalue weighted by atomic mass is 35.5. The molecule has 0 bridgehead atoms. The molecule has 2 N–H and O–H groups in total. The summed E-state index contributed by atoms with van der Waals surface area (Å²) in [6, 6.07) is 6.62. The van der Waals surface area contributed by atoms with E-state index in [-0.39, 0.29) is 54.3 Å². The summed E-state index contributed by atoms with van der Waals surface area (Å²) in [5.74, 6) is 0.312. The Morgan fingerprint density at radius 2 is 1.85 bits per heavy atom. The molecule has 1 amide bonds. The van der Waals surface area contributed by atoms with E-state index < -0.39 is 5.91 Å². The zero-order chi connectivity index (χ0) is 24.8. The second-order valence-corrected chi connectivity index (χ2v) is 7.85. The molecule has 0 aliphatic rings. The Morgan fingerprint density at radius 3 is 2.44 bits per heavy atom. The van der Waals surface area contributed by atoms with Crippen molar-refractivity contribution in [2.24, 2.45) is 0 Å². The smallest absolute Gasteiger partial charge is 0.323 e. The third-order valence-electron chi connectivity index (χ3n) is 4.70. The quantitative estimate of drug-likeness (QED) is 0.418. The predicted octanol–water partition coefficient (Wildman–Crippen LogP) is 4.59. The van der Waals surface area contributed by atoms with Gasteiger partial charge in [-0.2, -0.15) is 9.97 Å². The molecule has 0 aliphatic carbocycles. The third-order valence-corrected chi connectivity index (χ3v) is 5.03. The van der Waals surface area contributed by atoms with E-state index in [0.29, 0.717) is 10.8 Å². The van der Waals surface area contributed by atoms with Crippen LogP contribution in [0.15, 0.2) is 28.7 Å². The van der Waals surface area contributed by atoms with Crippen molar-refractivity contribution in [1.82, 2.24) is 9.97 Å². The number of furan rings is 1. The van der Waals surface area contributed by atoms with Crippen LogP contribution in [0.1, 0.15) is 41.4 Å². The highest BCUT2D eigenvalue weighted by molar-refractivity contribution is 6.31. The van der Waals surface area contributed by atoms with Crippen molar-refractivity contribution in [1.29, 1.82) is 0 Å². The number of nitrogens with one attached hydrogen (secondary N) is 1. The molecule has 2 heterocycles. The molecule has 1 aromatic carbocycles. The van der Waals surface area contributed by atoms with Gasteiger partial charge in [-0.1, -0.05) is 25.4 Å². The number of halogens is 1.